The zero-order chi connectivity index (χ0) is 15.5. The van der Waals surface area contributed by atoms with Gasteiger partial charge >= 0.3 is 0 Å². The molecule has 0 bridgehead atoms. The molecule has 1 aliphatic rings. The fourth-order valence-corrected chi connectivity index (χ4v) is 3.04. The van der Waals surface area contributed by atoms with Crippen molar-refractivity contribution in [1.82, 2.24) is 14.7 Å². The Morgan fingerprint density at radius 1 is 1.18 bits per heavy atom. The number of nitrogens with two attached hydrogens (primary N) is 1. The molecule has 3 rings (SSSR count). The highest BCUT2D eigenvalue weighted by atomic mass is 16.5. The second-order valence-electron chi connectivity index (χ2n) is 5.94. The van der Waals surface area contributed by atoms with Gasteiger partial charge in [-0.25, -0.2) is 0 Å². The molecule has 0 aliphatic carbocycles. The van der Waals surface area contributed by atoms with Gasteiger partial charge in [-0.3, -0.25) is 9.58 Å². The maximum atomic E-state index is 5.89. The summed E-state index contributed by atoms with van der Waals surface area (Å²) >= 11 is 0. The molecule has 0 amide bonds. The van der Waals surface area contributed by atoms with Gasteiger partial charge in [-0.15, -0.1) is 0 Å². The van der Waals surface area contributed by atoms with E-state index in [-0.39, 0.29) is 0 Å². The van der Waals surface area contributed by atoms with Gasteiger partial charge in [-0.05, 0) is 44.1 Å². The molecule has 1 aromatic carbocycles. The molecule has 22 heavy (non-hydrogen) atoms. The zero-order valence-electron chi connectivity index (χ0n) is 13.4. The summed E-state index contributed by atoms with van der Waals surface area (Å²) in [4.78, 5) is 2.50. The molecule has 0 spiro atoms. The zero-order valence-corrected chi connectivity index (χ0v) is 13.4. The number of nitrogen functional groups attached to an aromatic ring is 1. The lowest BCUT2D eigenvalue weighted by Gasteiger charge is -2.27. The Morgan fingerprint density at radius 3 is 2.59 bits per heavy atom. The van der Waals surface area contributed by atoms with E-state index >= 15 is 0 Å². The number of ether oxygens (including phenoxy) is 1. The van der Waals surface area contributed by atoms with Crippen LogP contribution in [0, 0.1) is 0 Å². The molecule has 0 radical (unpaired) electrons. The summed E-state index contributed by atoms with van der Waals surface area (Å²) in [6.07, 6.45) is 3.93. The van der Waals surface area contributed by atoms with Gasteiger partial charge in [0.25, 0.3) is 0 Å². The third kappa shape index (κ3) is 3.09. The van der Waals surface area contributed by atoms with E-state index in [2.05, 4.69) is 16.1 Å². The minimum atomic E-state index is 0.670. The number of nitrogens with zero attached hydrogens (tertiary/aromatic N) is 3. The second kappa shape index (κ2) is 6.40. The normalized spacial score (nSPS) is 15.9. The lowest BCUT2D eigenvalue weighted by Crippen LogP contribution is -2.29. The Balaban J connectivity index is 1.88. The van der Waals surface area contributed by atoms with Crippen molar-refractivity contribution >= 4 is 5.82 Å². The van der Waals surface area contributed by atoms with Crippen LogP contribution < -0.4 is 10.5 Å². The Labute approximate surface area is 131 Å². The third-order valence-corrected chi connectivity index (χ3v) is 4.33. The Hall–Kier alpha value is -2.01. The summed E-state index contributed by atoms with van der Waals surface area (Å²) in [5.41, 5.74) is 9.09. The van der Waals surface area contributed by atoms with Crippen LogP contribution in [0.5, 0.6) is 5.75 Å². The number of aromatic nitrogens is 2. The van der Waals surface area contributed by atoms with E-state index in [1.807, 2.05) is 25.2 Å². The predicted octanol–water partition coefficient (Wildman–Crippen LogP) is 2.66. The molecule has 1 fully saturated rings. The van der Waals surface area contributed by atoms with Gasteiger partial charge in [0.1, 0.15) is 11.6 Å². The van der Waals surface area contributed by atoms with E-state index < -0.39 is 0 Å². The van der Waals surface area contributed by atoms with Gasteiger partial charge in [0, 0.05) is 30.8 Å². The summed E-state index contributed by atoms with van der Waals surface area (Å²) in [5, 5.41) is 4.46. The second-order valence-corrected chi connectivity index (χ2v) is 5.94. The fraction of sp³-hybridized carbons (Fsp3) is 0.471. The van der Waals surface area contributed by atoms with Crippen LogP contribution in [0.15, 0.2) is 24.3 Å². The number of methoxy groups -OCH3 is 1. The average Bonchev–Trinajstić information content (AvgIpc) is 2.88. The van der Waals surface area contributed by atoms with Gasteiger partial charge in [-0.2, -0.15) is 5.10 Å². The monoisotopic (exact) mass is 300 g/mol. The van der Waals surface area contributed by atoms with Crippen molar-refractivity contribution in [2.24, 2.45) is 7.05 Å². The minimum Gasteiger partial charge on any atom is -0.496 e. The highest BCUT2D eigenvalue weighted by Gasteiger charge is 2.15. The van der Waals surface area contributed by atoms with Gasteiger partial charge in [0.2, 0.25) is 0 Å². The summed E-state index contributed by atoms with van der Waals surface area (Å²) < 4.78 is 7.23. The predicted molar refractivity (Wildman–Crippen MR) is 88.7 cm³/mol. The highest BCUT2D eigenvalue weighted by Crippen LogP contribution is 2.28. The van der Waals surface area contributed by atoms with E-state index in [9.17, 15) is 0 Å². The van der Waals surface area contributed by atoms with Gasteiger partial charge in [0.05, 0.1) is 12.8 Å². The Bertz CT molecular complexity index is 625. The van der Waals surface area contributed by atoms with Gasteiger partial charge < -0.3 is 10.5 Å². The van der Waals surface area contributed by atoms with Crippen molar-refractivity contribution in [3.05, 3.63) is 29.8 Å². The van der Waals surface area contributed by atoms with Crippen LogP contribution in [0.1, 0.15) is 24.8 Å². The van der Waals surface area contributed by atoms with E-state index in [0.29, 0.717) is 5.82 Å². The van der Waals surface area contributed by atoms with Crippen LogP contribution in [0.4, 0.5) is 5.82 Å². The summed E-state index contributed by atoms with van der Waals surface area (Å²) in [6.45, 7) is 3.27. The van der Waals surface area contributed by atoms with Crippen LogP contribution in [-0.2, 0) is 13.6 Å². The first-order valence-electron chi connectivity index (χ1n) is 7.86. The van der Waals surface area contributed by atoms with Gasteiger partial charge in [-0.1, -0.05) is 6.42 Å². The quantitative estimate of drug-likeness (QED) is 0.943. The smallest absolute Gasteiger partial charge is 0.123 e. The lowest BCUT2D eigenvalue weighted by atomic mass is 10.0. The maximum absolute atomic E-state index is 5.89. The molecule has 2 heterocycles. The largest absolute Gasteiger partial charge is 0.496 e. The number of piperidine rings is 1. The number of aryl methyl sites for hydroxylation is 1. The van der Waals surface area contributed by atoms with E-state index in [4.69, 9.17) is 10.5 Å². The first-order valence-corrected chi connectivity index (χ1v) is 7.86. The maximum Gasteiger partial charge on any atom is 0.123 e. The van der Waals surface area contributed by atoms with Gasteiger partial charge in [0.15, 0.2) is 0 Å². The lowest BCUT2D eigenvalue weighted by molar-refractivity contribution is 0.218. The average molecular weight is 300 g/mol. The molecular formula is C17H24N4O. The number of rotatable bonds is 4. The molecule has 0 atom stereocenters. The molecule has 2 aromatic rings. The fourth-order valence-electron chi connectivity index (χ4n) is 3.04. The Morgan fingerprint density at radius 2 is 1.95 bits per heavy atom. The highest BCUT2D eigenvalue weighted by molar-refractivity contribution is 5.64. The number of hydrogen-bond acceptors (Lipinski definition) is 4. The summed E-state index contributed by atoms with van der Waals surface area (Å²) in [7, 11) is 3.59. The molecule has 118 valence electrons. The summed E-state index contributed by atoms with van der Waals surface area (Å²) in [5.74, 6) is 1.61. The topological polar surface area (TPSA) is 56.3 Å². The molecule has 1 aromatic heterocycles. The molecule has 2 N–H and O–H groups in total. The standard InChI is InChI=1S/C17H24N4O/c1-20-17(18)11-15(19-20)13-6-7-16(22-2)14(10-13)12-21-8-4-3-5-9-21/h6-7,10-11H,3-5,8-9,12,18H2,1-2H3. The number of anilines is 1. The van der Waals surface area contributed by atoms with Crippen LogP contribution in [0.2, 0.25) is 0 Å². The van der Waals surface area contributed by atoms with Crippen molar-refractivity contribution in [2.45, 2.75) is 25.8 Å². The van der Waals surface area contributed by atoms with Crippen LogP contribution >= 0.6 is 0 Å². The SMILES string of the molecule is COc1ccc(-c2cc(N)n(C)n2)cc1CN1CCCCC1. The van der Waals surface area contributed by atoms with Crippen molar-refractivity contribution in [3.63, 3.8) is 0 Å². The van der Waals surface area contributed by atoms with Crippen molar-refractivity contribution in [1.29, 1.82) is 0 Å². The van der Waals surface area contributed by atoms with Crippen molar-refractivity contribution < 1.29 is 4.74 Å². The van der Waals surface area contributed by atoms with Crippen LogP contribution in [0.3, 0.4) is 0 Å². The third-order valence-electron chi connectivity index (χ3n) is 4.33. The molecule has 0 unspecified atom stereocenters. The number of hydrogen-bond donors (Lipinski definition) is 1. The van der Waals surface area contributed by atoms with E-state index in [0.717, 1.165) is 23.6 Å². The van der Waals surface area contributed by atoms with E-state index in [1.165, 1.54) is 37.9 Å². The summed E-state index contributed by atoms with van der Waals surface area (Å²) in [6, 6.07) is 8.15. The van der Waals surface area contributed by atoms with Crippen molar-refractivity contribution in [2.75, 3.05) is 25.9 Å². The number of benzene rings is 1. The number of likely N-dealkylation sites (tertiary alicyclic amines) is 1. The molecule has 1 saturated heterocycles. The van der Waals surface area contributed by atoms with E-state index in [1.54, 1.807) is 11.8 Å². The molecular weight excluding hydrogens is 276 g/mol. The molecule has 0 saturated carbocycles. The van der Waals surface area contributed by atoms with Crippen molar-refractivity contribution in [3.8, 4) is 17.0 Å². The van der Waals surface area contributed by atoms with Crippen LogP contribution in [0.25, 0.3) is 11.3 Å². The van der Waals surface area contributed by atoms with Crippen LogP contribution in [-0.4, -0.2) is 34.9 Å². The molecule has 5 nitrogen and oxygen atoms in total. The Kier molecular flexibility index (Phi) is 4.34. The first kappa shape index (κ1) is 14.9. The molecule has 1 aliphatic heterocycles. The molecule has 5 heteroatoms. The first-order chi connectivity index (χ1) is 10.7. The minimum absolute atomic E-state index is 0.670.